The summed E-state index contributed by atoms with van der Waals surface area (Å²) in [5, 5.41) is 37.7. The predicted octanol–water partition coefficient (Wildman–Crippen LogP) is 0.910. The first kappa shape index (κ1) is 22.5. The second kappa shape index (κ2) is 11.2. The van der Waals surface area contributed by atoms with Gasteiger partial charge in [-0.25, -0.2) is 0 Å². The van der Waals surface area contributed by atoms with Crippen LogP contribution in [0.5, 0.6) is 11.5 Å². The third-order valence-corrected chi connectivity index (χ3v) is 4.30. The number of benzene rings is 1. The van der Waals surface area contributed by atoms with E-state index < -0.39 is 30.4 Å². The van der Waals surface area contributed by atoms with E-state index in [0.717, 1.165) is 0 Å². The highest BCUT2D eigenvalue weighted by molar-refractivity contribution is 5.76. The van der Waals surface area contributed by atoms with Crippen molar-refractivity contribution in [3.8, 4) is 11.5 Å². The van der Waals surface area contributed by atoms with Crippen molar-refractivity contribution in [1.82, 2.24) is 0 Å². The summed E-state index contributed by atoms with van der Waals surface area (Å²) in [6, 6.07) is 4.30. The number of rotatable bonds is 10. The molecule has 0 saturated carbocycles. The lowest BCUT2D eigenvalue weighted by atomic mass is 9.83. The Kier molecular flexibility index (Phi) is 9.32. The number of carbonyl (C=O) groups excluding carboxylic acids is 2. The fourth-order valence-electron chi connectivity index (χ4n) is 2.72. The van der Waals surface area contributed by atoms with Crippen molar-refractivity contribution >= 4 is 11.9 Å². The van der Waals surface area contributed by atoms with E-state index in [-0.39, 0.29) is 31.1 Å². The monoisotopic (exact) mass is 382 g/mol. The molecule has 0 spiro atoms. The van der Waals surface area contributed by atoms with E-state index in [1.54, 1.807) is 19.1 Å². The number of phenols is 2. The Hall–Kier alpha value is -2.58. The molecule has 0 fully saturated rings. The molecular formula is C19H26O8. The molecule has 0 bridgehead atoms. The number of allylic oxidation sites excluding steroid dienone is 1. The van der Waals surface area contributed by atoms with Crippen LogP contribution in [-0.4, -0.2) is 59.3 Å². The van der Waals surface area contributed by atoms with E-state index in [9.17, 15) is 30.0 Å². The van der Waals surface area contributed by atoms with Crippen molar-refractivity contribution < 1.29 is 39.5 Å². The van der Waals surface area contributed by atoms with Gasteiger partial charge in [-0.05, 0) is 30.2 Å². The van der Waals surface area contributed by atoms with Crippen LogP contribution in [0.3, 0.4) is 0 Å². The lowest BCUT2D eigenvalue weighted by molar-refractivity contribution is -0.151. The van der Waals surface area contributed by atoms with E-state index in [1.807, 2.05) is 0 Å². The second-order valence-corrected chi connectivity index (χ2v) is 5.94. The van der Waals surface area contributed by atoms with Crippen LogP contribution in [0.4, 0.5) is 0 Å². The molecule has 0 aliphatic carbocycles. The summed E-state index contributed by atoms with van der Waals surface area (Å²) >= 11 is 0. The molecule has 0 aromatic heterocycles. The lowest BCUT2D eigenvalue weighted by Crippen LogP contribution is -2.32. The molecule has 8 heteroatoms. The van der Waals surface area contributed by atoms with Gasteiger partial charge in [0.1, 0.15) is 0 Å². The Morgan fingerprint density at radius 2 is 1.85 bits per heavy atom. The summed E-state index contributed by atoms with van der Waals surface area (Å²) in [5.41, 5.74) is 1.10. The van der Waals surface area contributed by atoms with Crippen molar-refractivity contribution in [2.45, 2.75) is 19.8 Å². The van der Waals surface area contributed by atoms with Crippen molar-refractivity contribution in [2.24, 2.45) is 11.8 Å². The summed E-state index contributed by atoms with van der Waals surface area (Å²) in [4.78, 5) is 24.1. The first-order chi connectivity index (χ1) is 12.9. The highest BCUT2D eigenvalue weighted by Gasteiger charge is 2.33. The quantitative estimate of drug-likeness (QED) is 0.267. The maximum absolute atomic E-state index is 12.2. The summed E-state index contributed by atoms with van der Waals surface area (Å²) in [6.07, 6.45) is 1.70. The van der Waals surface area contributed by atoms with Crippen LogP contribution in [0.1, 0.15) is 18.9 Å². The SMILES string of the molecule is C/C=C(\CO)[C@@H](CC(=O)OCCc1ccc(O)c(O)c1)C(CO)C(=O)OC. The second-order valence-electron chi connectivity index (χ2n) is 5.94. The molecule has 1 unspecified atom stereocenters. The Balaban J connectivity index is 2.72. The largest absolute Gasteiger partial charge is 0.504 e. The molecular weight excluding hydrogens is 356 g/mol. The zero-order chi connectivity index (χ0) is 20.4. The maximum atomic E-state index is 12.2. The maximum Gasteiger partial charge on any atom is 0.311 e. The minimum Gasteiger partial charge on any atom is -0.504 e. The van der Waals surface area contributed by atoms with Gasteiger partial charge in [0.2, 0.25) is 0 Å². The van der Waals surface area contributed by atoms with Gasteiger partial charge in [-0.2, -0.15) is 0 Å². The number of hydrogen-bond donors (Lipinski definition) is 4. The molecule has 0 amide bonds. The normalized spacial score (nSPS) is 13.7. The Labute approximate surface area is 157 Å². The van der Waals surface area contributed by atoms with E-state index in [2.05, 4.69) is 4.74 Å². The van der Waals surface area contributed by atoms with Gasteiger partial charge in [0.25, 0.3) is 0 Å². The van der Waals surface area contributed by atoms with Crippen LogP contribution < -0.4 is 0 Å². The molecule has 8 nitrogen and oxygen atoms in total. The average molecular weight is 382 g/mol. The van der Waals surface area contributed by atoms with Gasteiger partial charge < -0.3 is 29.9 Å². The third kappa shape index (κ3) is 6.58. The van der Waals surface area contributed by atoms with Gasteiger partial charge in [-0.3, -0.25) is 9.59 Å². The van der Waals surface area contributed by atoms with Crippen LogP contribution in [0.15, 0.2) is 29.8 Å². The van der Waals surface area contributed by atoms with Crippen LogP contribution in [0, 0.1) is 11.8 Å². The van der Waals surface area contributed by atoms with Crippen molar-refractivity contribution in [1.29, 1.82) is 0 Å². The van der Waals surface area contributed by atoms with Gasteiger partial charge in [0, 0.05) is 12.3 Å². The number of esters is 2. The van der Waals surface area contributed by atoms with Gasteiger partial charge in [0.05, 0.1) is 39.3 Å². The first-order valence-electron chi connectivity index (χ1n) is 8.48. The molecule has 0 heterocycles. The van der Waals surface area contributed by atoms with Crippen LogP contribution in [0.2, 0.25) is 0 Å². The van der Waals surface area contributed by atoms with Crippen LogP contribution in [0.25, 0.3) is 0 Å². The molecule has 27 heavy (non-hydrogen) atoms. The number of aromatic hydroxyl groups is 2. The molecule has 0 aliphatic rings. The van der Waals surface area contributed by atoms with Crippen molar-refractivity contribution in [3.63, 3.8) is 0 Å². The first-order valence-corrected chi connectivity index (χ1v) is 8.48. The number of methoxy groups -OCH3 is 1. The third-order valence-electron chi connectivity index (χ3n) is 4.30. The molecule has 0 aliphatic heterocycles. The Morgan fingerprint density at radius 1 is 1.15 bits per heavy atom. The Morgan fingerprint density at radius 3 is 2.37 bits per heavy atom. The minimum absolute atomic E-state index is 0.0298. The van der Waals surface area contributed by atoms with Crippen molar-refractivity contribution in [3.05, 3.63) is 35.4 Å². The summed E-state index contributed by atoms with van der Waals surface area (Å²) < 4.78 is 9.83. The standard InChI is InChI=1S/C19H26O8/c1-3-13(10-20)14(15(11-21)19(25)26-2)9-18(24)27-7-6-12-4-5-16(22)17(23)8-12/h3-5,8,14-15,20-23H,6-7,9-11H2,1-2H3/b13-3+/t14-,15?/m1/s1. The summed E-state index contributed by atoms with van der Waals surface area (Å²) in [6.45, 7) is 0.790. The number of hydrogen-bond acceptors (Lipinski definition) is 8. The topological polar surface area (TPSA) is 134 Å². The van der Waals surface area contributed by atoms with Gasteiger partial charge in [-0.15, -0.1) is 0 Å². The molecule has 2 atom stereocenters. The average Bonchev–Trinajstić information content (AvgIpc) is 2.65. The molecule has 1 rings (SSSR count). The molecule has 1 aromatic rings. The number of aliphatic hydroxyl groups is 2. The van der Waals surface area contributed by atoms with Crippen molar-refractivity contribution in [2.75, 3.05) is 26.9 Å². The molecule has 0 radical (unpaired) electrons. The van der Waals surface area contributed by atoms with Gasteiger partial charge in [-0.1, -0.05) is 12.1 Å². The van der Waals surface area contributed by atoms with Crippen LogP contribution in [-0.2, 0) is 25.5 Å². The molecule has 0 saturated heterocycles. The molecule has 150 valence electrons. The number of aliphatic hydroxyl groups excluding tert-OH is 2. The molecule has 1 aromatic carbocycles. The van der Waals surface area contributed by atoms with E-state index >= 15 is 0 Å². The van der Waals surface area contributed by atoms with Gasteiger partial charge in [0.15, 0.2) is 11.5 Å². The minimum atomic E-state index is -0.991. The Bertz CT molecular complexity index is 668. The predicted molar refractivity (Wildman–Crippen MR) is 96.0 cm³/mol. The summed E-state index contributed by atoms with van der Waals surface area (Å²) in [7, 11) is 1.18. The summed E-state index contributed by atoms with van der Waals surface area (Å²) in [5.74, 6) is -3.51. The zero-order valence-electron chi connectivity index (χ0n) is 15.4. The van der Waals surface area contributed by atoms with E-state index in [4.69, 9.17) is 4.74 Å². The highest BCUT2D eigenvalue weighted by Crippen LogP contribution is 2.27. The fourth-order valence-corrected chi connectivity index (χ4v) is 2.72. The number of phenolic OH excluding ortho intramolecular Hbond substituents is 2. The number of ether oxygens (including phenoxy) is 2. The zero-order valence-corrected chi connectivity index (χ0v) is 15.4. The number of carbonyl (C=O) groups is 2. The molecule has 4 N–H and O–H groups in total. The van der Waals surface area contributed by atoms with Crippen LogP contribution >= 0.6 is 0 Å². The highest BCUT2D eigenvalue weighted by atomic mass is 16.5. The fraction of sp³-hybridized carbons (Fsp3) is 0.474. The smallest absolute Gasteiger partial charge is 0.311 e. The van der Waals surface area contributed by atoms with Gasteiger partial charge >= 0.3 is 11.9 Å². The van der Waals surface area contributed by atoms with E-state index in [0.29, 0.717) is 17.6 Å². The van der Waals surface area contributed by atoms with E-state index in [1.165, 1.54) is 19.2 Å². The lowest BCUT2D eigenvalue weighted by Gasteiger charge is -2.24.